The third-order valence-electron chi connectivity index (χ3n) is 3.16. The van der Waals surface area contributed by atoms with Crippen LogP contribution in [0.25, 0.3) is 0 Å². The maximum atomic E-state index is 9.89. The summed E-state index contributed by atoms with van der Waals surface area (Å²) in [6.45, 7) is 0. The van der Waals surface area contributed by atoms with Gasteiger partial charge < -0.3 is 20.9 Å². The van der Waals surface area contributed by atoms with Gasteiger partial charge in [-0.25, -0.2) is 0 Å². The summed E-state index contributed by atoms with van der Waals surface area (Å²) in [5.74, 6) is 1.11. The number of hydrogen-bond donors (Lipinski definition) is 3. The number of rotatable bonds is 3. The SMILES string of the molecule is COc1ccc(N)c(NC2CCCCC2O)n1. The Labute approximate surface area is 101 Å². The highest BCUT2D eigenvalue weighted by Gasteiger charge is 2.23. The van der Waals surface area contributed by atoms with Gasteiger partial charge in [-0.1, -0.05) is 12.8 Å². The number of nitrogens with two attached hydrogens (primary N) is 1. The van der Waals surface area contributed by atoms with Crippen LogP contribution in [0.15, 0.2) is 12.1 Å². The van der Waals surface area contributed by atoms with E-state index < -0.39 is 0 Å². The lowest BCUT2D eigenvalue weighted by Crippen LogP contribution is -2.36. The predicted molar refractivity (Wildman–Crippen MR) is 67.1 cm³/mol. The van der Waals surface area contributed by atoms with Gasteiger partial charge in [-0.05, 0) is 18.9 Å². The highest BCUT2D eigenvalue weighted by molar-refractivity contribution is 5.62. The molecule has 1 saturated carbocycles. The maximum absolute atomic E-state index is 9.89. The Morgan fingerprint density at radius 2 is 2.18 bits per heavy atom. The van der Waals surface area contributed by atoms with Crippen molar-refractivity contribution in [3.63, 3.8) is 0 Å². The van der Waals surface area contributed by atoms with Gasteiger partial charge in [0.25, 0.3) is 0 Å². The molecule has 2 unspecified atom stereocenters. The fourth-order valence-corrected chi connectivity index (χ4v) is 2.14. The van der Waals surface area contributed by atoms with Crippen LogP contribution in [0, 0.1) is 0 Å². The van der Waals surface area contributed by atoms with Crippen molar-refractivity contribution in [3.05, 3.63) is 12.1 Å². The van der Waals surface area contributed by atoms with Crippen molar-refractivity contribution in [2.75, 3.05) is 18.2 Å². The first-order chi connectivity index (χ1) is 8.20. The number of hydrogen-bond acceptors (Lipinski definition) is 5. The fourth-order valence-electron chi connectivity index (χ4n) is 2.14. The van der Waals surface area contributed by atoms with Gasteiger partial charge in [0.2, 0.25) is 5.88 Å². The Hall–Kier alpha value is -1.49. The third-order valence-corrected chi connectivity index (χ3v) is 3.16. The minimum absolute atomic E-state index is 0.0330. The molecule has 0 radical (unpaired) electrons. The van der Waals surface area contributed by atoms with Crippen LogP contribution in [0.2, 0.25) is 0 Å². The Morgan fingerprint density at radius 3 is 2.88 bits per heavy atom. The summed E-state index contributed by atoms with van der Waals surface area (Å²) in [5.41, 5.74) is 6.42. The molecule has 1 aliphatic carbocycles. The number of nitrogens with one attached hydrogen (secondary N) is 1. The number of methoxy groups -OCH3 is 1. The van der Waals surface area contributed by atoms with Crippen LogP contribution < -0.4 is 15.8 Å². The van der Waals surface area contributed by atoms with E-state index in [0.717, 1.165) is 25.7 Å². The summed E-state index contributed by atoms with van der Waals surface area (Å²) in [5, 5.41) is 13.1. The van der Waals surface area contributed by atoms with E-state index in [1.807, 2.05) is 0 Å². The van der Waals surface area contributed by atoms with Crippen molar-refractivity contribution in [1.29, 1.82) is 0 Å². The van der Waals surface area contributed by atoms with Crippen molar-refractivity contribution in [3.8, 4) is 5.88 Å². The zero-order chi connectivity index (χ0) is 12.3. The quantitative estimate of drug-likeness (QED) is 0.740. The molecule has 1 aromatic rings. The molecule has 0 aromatic carbocycles. The van der Waals surface area contributed by atoms with Crippen LogP contribution in [0.5, 0.6) is 5.88 Å². The predicted octanol–water partition coefficient (Wildman–Crippen LogP) is 1.39. The molecule has 5 heteroatoms. The van der Waals surface area contributed by atoms with E-state index in [1.54, 1.807) is 19.2 Å². The molecule has 1 aromatic heterocycles. The van der Waals surface area contributed by atoms with E-state index in [0.29, 0.717) is 17.4 Å². The average molecular weight is 237 g/mol. The van der Waals surface area contributed by atoms with Crippen LogP contribution in [-0.4, -0.2) is 29.3 Å². The first-order valence-corrected chi connectivity index (χ1v) is 5.96. The number of anilines is 2. The fraction of sp³-hybridized carbons (Fsp3) is 0.583. The van der Waals surface area contributed by atoms with Gasteiger partial charge in [-0.2, -0.15) is 4.98 Å². The molecule has 0 amide bonds. The van der Waals surface area contributed by atoms with Gasteiger partial charge in [-0.3, -0.25) is 0 Å². The molecule has 0 saturated heterocycles. The second kappa shape index (κ2) is 5.23. The number of nitrogens with zero attached hydrogens (tertiary/aromatic N) is 1. The molecular formula is C12H19N3O2. The van der Waals surface area contributed by atoms with E-state index >= 15 is 0 Å². The zero-order valence-electron chi connectivity index (χ0n) is 10.0. The lowest BCUT2D eigenvalue weighted by Gasteiger charge is -2.29. The van der Waals surface area contributed by atoms with Crippen molar-refractivity contribution in [1.82, 2.24) is 4.98 Å². The topological polar surface area (TPSA) is 80.4 Å². The first kappa shape index (κ1) is 12.0. The molecule has 0 bridgehead atoms. The van der Waals surface area contributed by atoms with Crippen molar-refractivity contribution < 1.29 is 9.84 Å². The summed E-state index contributed by atoms with van der Waals surface area (Å²) < 4.78 is 5.06. The lowest BCUT2D eigenvalue weighted by atomic mass is 9.92. The normalized spacial score (nSPS) is 24.4. The Balaban J connectivity index is 2.11. The van der Waals surface area contributed by atoms with Gasteiger partial charge in [-0.15, -0.1) is 0 Å². The highest BCUT2D eigenvalue weighted by Crippen LogP contribution is 2.25. The van der Waals surface area contributed by atoms with Crippen LogP contribution in [0.4, 0.5) is 11.5 Å². The number of aliphatic hydroxyl groups is 1. The molecule has 0 spiro atoms. The molecule has 1 heterocycles. The van der Waals surface area contributed by atoms with Crippen LogP contribution >= 0.6 is 0 Å². The summed E-state index contributed by atoms with van der Waals surface area (Å²) in [6.07, 6.45) is 3.66. The zero-order valence-corrected chi connectivity index (χ0v) is 10.0. The molecule has 1 aliphatic rings. The van der Waals surface area contributed by atoms with E-state index in [9.17, 15) is 5.11 Å². The summed E-state index contributed by atoms with van der Waals surface area (Å²) in [4.78, 5) is 4.25. The van der Waals surface area contributed by atoms with Gasteiger partial charge >= 0.3 is 0 Å². The minimum atomic E-state index is -0.323. The van der Waals surface area contributed by atoms with Crippen LogP contribution in [-0.2, 0) is 0 Å². The third kappa shape index (κ3) is 2.79. The number of aromatic nitrogens is 1. The molecule has 2 rings (SSSR count). The van der Waals surface area contributed by atoms with E-state index in [-0.39, 0.29) is 12.1 Å². The molecular weight excluding hydrogens is 218 g/mol. The van der Waals surface area contributed by atoms with Gasteiger partial charge in [0, 0.05) is 6.07 Å². The average Bonchev–Trinajstić information content (AvgIpc) is 2.35. The second-order valence-corrected chi connectivity index (χ2v) is 4.39. The second-order valence-electron chi connectivity index (χ2n) is 4.39. The number of nitrogen functional groups attached to an aromatic ring is 1. The molecule has 1 fully saturated rings. The first-order valence-electron chi connectivity index (χ1n) is 5.96. The molecule has 17 heavy (non-hydrogen) atoms. The Morgan fingerprint density at radius 1 is 1.41 bits per heavy atom. The van der Waals surface area contributed by atoms with E-state index in [1.165, 1.54) is 0 Å². The minimum Gasteiger partial charge on any atom is -0.481 e. The largest absolute Gasteiger partial charge is 0.481 e. The van der Waals surface area contributed by atoms with Gasteiger partial charge in [0.05, 0.1) is 24.9 Å². The number of aliphatic hydroxyl groups excluding tert-OH is 1. The van der Waals surface area contributed by atoms with Gasteiger partial charge in [0.15, 0.2) is 5.82 Å². The molecule has 4 N–H and O–H groups in total. The highest BCUT2D eigenvalue weighted by atomic mass is 16.5. The molecule has 94 valence electrons. The summed E-state index contributed by atoms with van der Waals surface area (Å²) in [7, 11) is 1.57. The molecule has 5 nitrogen and oxygen atoms in total. The van der Waals surface area contributed by atoms with Crippen LogP contribution in [0.1, 0.15) is 25.7 Å². The monoisotopic (exact) mass is 237 g/mol. The van der Waals surface area contributed by atoms with E-state index in [2.05, 4.69) is 10.3 Å². The van der Waals surface area contributed by atoms with Crippen molar-refractivity contribution in [2.24, 2.45) is 0 Å². The van der Waals surface area contributed by atoms with Crippen molar-refractivity contribution >= 4 is 11.5 Å². The van der Waals surface area contributed by atoms with Crippen LogP contribution in [0.3, 0.4) is 0 Å². The molecule has 2 atom stereocenters. The smallest absolute Gasteiger partial charge is 0.215 e. The van der Waals surface area contributed by atoms with E-state index in [4.69, 9.17) is 10.5 Å². The standard InChI is InChI=1S/C12H19N3O2/c1-17-11-7-6-8(13)12(15-11)14-9-4-2-3-5-10(9)16/h6-7,9-10,16H,2-5,13H2,1H3,(H,14,15). The summed E-state index contributed by atoms with van der Waals surface area (Å²) >= 11 is 0. The maximum Gasteiger partial charge on any atom is 0.215 e. The number of pyridine rings is 1. The Kier molecular flexibility index (Phi) is 3.68. The Bertz CT molecular complexity index is 384. The van der Waals surface area contributed by atoms with Crippen molar-refractivity contribution in [2.45, 2.75) is 37.8 Å². The van der Waals surface area contributed by atoms with Gasteiger partial charge in [0.1, 0.15) is 0 Å². The summed E-state index contributed by atoms with van der Waals surface area (Å²) in [6, 6.07) is 3.51. The number of ether oxygens (including phenoxy) is 1. The molecule has 0 aliphatic heterocycles. The lowest BCUT2D eigenvalue weighted by molar-refractivity contribution is 0.116.